The van der Waals surface area contributed by atoms with E-state index in [0.717, 1.165) is 50.1 Å². The third-order valence-electron chi connectivity index (χ3n) is 6.20. The molecule has 0 unspecified atom stereocenters. The van der Waals surface area contributed by atoms with Crippen LogP contribution < -0.4 is 20.9 Å². The second-order valence-corrected chi connectivity index (χ2v) is 8.84. The van der Waals surface area contributed by atoms with Gasteiger partial charge in [0.1, 0.15) is 0 Å². The van der Waals surface area contributed by atoms with E-state index >= 15 is 0 Å². The number of benzene rings is 2. The number of carbonyl (C=O) groups is 2. The van der Waals surface area contributed by atoms with Crippen LogP contribution in [0.4, 0.5) is 21.9 Å². The van der Waals surface area contributed by atoms with E-state index in [9.17, 15) is 9.59 Å². The van der Waals surface area contributed by atoms with Gasteiger partial charge in [-0.15, -0.1) is 0 Å². The lowest BCUT2D eigenvalue weighted by molar-refractivity contribution is 0.0944. The lowest BCUT2D eigenvalue weighted by atomic mass is 9.98. The first kappa shape index (κ1) is 25.6. The number of aryl methyl sites for hydroxylation is 1. The Kier molecular flexibility index (Phi) is 9.76. The number of hydrogen-bond acceptors (Lipinski definition) is 4. The van der Waals surface area contributed by atoms with Crippen molar-refractivity contribution in [3.63, 3.8) is 0 Å². The summed E-state index contributed by atoms with van der Waals surface area (Å²) >= 11 is 0. The second-order valence-electron chi connectivity index (χ2n) is 8.84. The van der Waals surface area contributed by atoms with E-state index in [4.69, 9.17) is 4.74 Å². The molecule has 184 valence electrons. The van der Waals surface area contributed by atoms with Crippen LogP contribution in [0.5, 0.6) is 0 Å². The first-order valence-corrected chi connectivity index (χ1v) is 12.4. The lowest BCUT2D eigenvalue weighted by Crippen LogP contribution is -2.35. The molecule has 2 aromatic carbocycles. The highest BCUT2D eigenvalue weighted by atomic mass is 16.5. The van der Waals surface area contributed by atoms with E-state index in [1.54, 1.807) is 6.07 Å². The van der Waals surface area contributed by atoms with Crippen molar-refractivity contribution in [3.05, 3.63) is 53.6 Å². The van der Waals surface area contributed by atoms with Crippen molar-refractivity contribution in [1.29, 1.82) is 0 Å². The Balaban J connectivity index is 1.71. The van der Waals surface area contributed by atoms with Crippen LogP contribution in [0.3, 0.4) is 0 Å². The maximum atomic E-state index is 13.1. The van der Waals surface area contributed by atoms with Crippen LogP contribution in [0.2, 0.25) is 0 Å². The van der Waals surface area contributed by atoms with Crippen molar-refractivity contribution in [2.24, 2.45) is 5.92 Å². The molecule has 0 saturated carbocycles. The Morgan fingerprint density at radius 3 is 2.35 bits per heavy atom. The standard InChI is InChI=1S/C27H38N4O3/c1-4-21-7-9-22(10-8-21)29-27(33)30-23-11-12-25(31-16-13-20(3)14-17-31)24(19-23)26(32)28-15-6-18-34-5-2/h7-12,19-20H,4-6,13-18H2,1-3H3,(H,28,32)(H2,29,30,33). The summed E-state index contributed by atoms with van der Waals surface area (Å²) in [7, 11) is 0. The summed E-state index contributed by atoms with van der Waals surface area (Å²) in [5, 5.41) is 8.72. The summed E-state index contributed by atoms with van der Waals surface area (Å²) in [5.41, 5.74) is 4.01. The summed E-state index contributed by atoms with van der Waals surface area (Å²) in [6, 6.07) is 13.0. The van der Waals surface area contributed by atoms with Gasteiger partial charge in [0.2, 0.25) is 0 Å². The van der Waals surface area contributed by atoms with Crippen molar-refractivity contribution >= 4 is 29.0 Å². The van der Waals surface area contributed by atoms with E-state index in [0.29, 0.717) is 36.9 Å². The Bertz CT molecular complexity index is 937. The molecule has 7 heteroatoms. The number of piperidine rings is 1. The topological polar surface area (TPSA) is 82.7 Å². The van der Waals surface area contributed by atoms with E-state index < -0.39 is 0 Å². The maximum Gasteiger partial charge on any atom is 0.323 e. The summed E-state index contributed by atoms with van der Waals surface area (Å²) in [6.45, 7) is 10.00. The van der Waals surface area contributed by atoms with Gasteiger partial charge in [0.15, 0.2) is 0 Å². The minimum absolute atomic E-state index is 0.135. The largest absolute Gasteiger partial charge is 0.382 e. The average molecular weight is 467 g/mol. The van der Waals surface area contributed by atoms with Gasteiger partial charge in [-0.25, -0.2) is 4.79 Å². The zero-order chi connectivity index (χ0) is 24.3. The van der Waals surface area contributed by atoms with E-state index in [1.165, 1.54) is 5.56 Å². The fourth-order valence-electron chi connectivity index (χ4n) is 4.05. The van der Waals surface area contributed by atoms with Gasteiger partial charge >= 0.3 is 6.03 Å². The molecule has 3 amide bonds. The summed E-state index contributed by atoms with van der Waals surface area (Å²) in [4.78, 5) is 27.9. The molecule has 0 aromatic heterocycles. The molecule has 3 rings (SSSR count). The highest BCUT2D eigenvalue weighted by Crippen LogP contribution is 2.29. The van der Waals surface area contributed by atoms with Gasteiger partial charge in [-0.05, 0) is 74.4 Å². The second kappa shape index (κ2) is 13.0. The smallest absolute Gasteiger partial charge is 0.323 e. The monoisotopic (exact) mass is 466 g/mol. The van der Waals surface area contributed by atoms with Gasteiger partial charge in [-0.3, -0.25) is 4.79 Å². The third kappa shape index (κ3) is 7.48. The number of ether oxygens (including phenoxy) is 1. The highest BCUT2D eigenvalue weighted by Gasteiger charge is 2.22. The minimum atomic E-state index is -0.341. The van der Waals surface area contributed by atoms with Gasteiger partial charge in [-0.2, -0.15) is 0 Å². The van der Waals surface area contributed by atoms with Gasteiger partial charge < -0.3 is 25.6 Å². The number of hydrogen-bond donors (Lipinski definition) is 3. The quantitative estimate of drug-likeness (QED) is 0.416. The number of urea groups is 1. The van der Waals surface area contributed by atoms with Crippen molar-refractivity contribution in [3.8, 4) is 0 Å². The van der Waals surface area contributed by atoms with Gasteiger partial charge in [0, 0.05) is 49.9 Å². The first-order chi connectivity index (χ1) is 16.5. The lowest BCUT2D eigenvalue weighted by Gasteiger charge is -2.33. The van der Waals surface area contributed by atoms with Crippen LogP contribution in [-0.4, -0.2) is 44.8 Å². The van der Waals surface area contributed by atoms with Crippen molar-refractivity contribution < 1.29 is 14.3 Å². The molecule has 2 aromatic rings. The van der Waals surface area contributed by atoms with Crippen LogP contribution in [-0.2, 0) is 11.2 Å². The minimum Gasteiger partial charge on any atom is -0.382 e. The predicted molar refractivity (Wildman–Crippen MR) is 139 cm³/mol. The molecule has 1 saturated heterocycles. The van der Waals surface area contributed by atoms with Gasteiger partial charge in [-0.1, -0.05) is 26.0 Å². The maximum absolute atomic E-state index is 13.1. The van der Waals surface area contributed by atoms with E-state index in [1.807, 2.05) is 43.3 Å². The van der Waals surface area contributed by atoms with Crippen LogP contribution in [0.15, 0.2) is 42.5 Å². The Labute approximate surface area is 203 Å². The SMILES string of the molecule is CCOCCCNC(=O)c1cc(NC(=O)Nc2ccc(CC)cc2)ccc1N1CCC(C)CC1. The Morgan fingerprint density at radius 1 is 1.00 bits per heavy atom. The first-order valence-electron chi connectivity index (χ1n) is 12.4. The molecule has 0 atom stereocenters. The third-order valence-corrected chi connectivity index (χ3v) is 6.20. The number of carbonyl (C=O) groups excluding carboxylic acids is 2. The molecule has 1 fully saturated rings. The molecule has 1 heterocycles. The molecule has 0 aliphatic carbocycles. The number of amides is 3. The molecule has 34 heavy (non-hydrogen) atoms. The summed E-state index contributed by atoms with van der Waals surface area (Å²) < 4.78 is 5.36. The molecule has 0 bridgehead atoms. The summed E-state index contributed by atoms with van der Waals surface area (Å²) in [5.74, 6) is 0.562. The normalized spacial score (nSPS) is 14.0. The fourth-order valence-corrected chi connectivity index (χ4v) is 4.05. The fraction of sp³-hybridized carbons (Fsp3) is 0.481. The number of nitrogens with zero attached hydrogens (tertiary/aromatic N) is 1. The molecule has 0 radical (unpaired) electrons. The average Bonchev–Trinajstić information content (AvgIpc) is 2.85. The zero-order valence-electron chi connectivity index (χ0n) is 20.7. The number of rotatable bonds is 10. The molecule has 1 aliphatic heterocycles. The van der Waals surface area contributed by atoms with E-state index in [2.05, 4.69) is 34.7 Å². The van der Waals surface area contributed by atoms with Crippen molar-refractivity contribution in [2.75, 3.05) is 48.4 Å². The molecule has 0 spiro atoms. The molecular formula is C27H38N4O3. The van der Waals surface area contributed by atoms with Gasteiger partial charge in [0.05, 0.1) is 5.56 Å². The highest BCUT2D eigenvalue weighted by molar-refractivity contribution is 6.04. The van der Waals surface area contributed by atoms with E-state index in [-0.39, 0.29) is 11.9 Å². The van der Waals surface area contributed by atoms with Crippen molar-refractivity contribution in [1.82, 2.24) is 5.32 Å². The van der Waals surface area contributed by atoms with Crippen LogP contribution >= 0.6 is 0 Å². The molecule has 3 N–H and O–H groups in total. The van der Waals surface area contributed by atoms with Crippen molar-refractivity contribution in [2.45, 2.75) is 46.5 Å². The molecule has 1 aliphatic rings. The number of anilines is 3. The van der Waals surface area contributed by atoms with Gasteiger partial charge in [0.25, 0.3) is 5.91 Å². The zero-order valence-corrected chi connectivity index (χ0v) is 20.7. The van der Waals surface area contributed by atoms with Crippen LogP contribution in [0.1, 0.15) is 56.0 Å². The molecular weight excluding hydrogens is 428 g/mol. The van der Waals surface area contributed by atoms with Crippen LogP contribution in [0.25, 0.3) is 0 Å². The Morgan fingerprint density at radius 2 is 1.68 bits per heavy atom. The van der Waals surface area contributed by atoms with Crippen LogP contribution in [0, 0.1) is 5.92 Å². The molecule has 7 nitrogen and oxygen atoms in total. The number of nitrogens with one attached hydrogen (secondary N) is 3. The Hall–Kier alpha value is -3.06. The summed E-state index contributed by atoms with van der Waals surface area (Å²) in [6.07, 6.45) is 3.92. The predicted octanol–water partition coefficient (Wildman–Crippen LogP) is 5.29.